The van der Waals surface area contributed by atoms with Gasteiger partial charge in [-0.1, -0.05) is 36.4 Å². The zero-order valence-corrected chi connectivity index (χ0v) is 15.4. The molecule has 0 radical (unpaired) electrons. The number of carboxylic acids is 1. The van der Waals surface area contributed by atoms with Crippen LogP contribution in [-0.2, 0) is 11.2 Å². The third kappa shape index (κ3) is 2.99. The highest BCUT2D eigenvalue weighted by molar-refractivity contribution is 5.99. The minimum Gasteiger partial charge on any atom is -0.481 e. The summed E-state index contributed by atoms with van der Waals surface area (Å²) < 4.78 is 5.90. The third-order valence-electron chi connectivity index (χ3n) is 5.33. The first-order valence-electron chi connectivity index (χ1n) is 9.06. The number of carboxylic acid groups (broad SMARTS) is 1. The van der Waals surface area contributed by atoms with Crippen LogP contribution in [0.1, 0.15) is 45.3 Å². The van der Waals surface area contributed by atoms with Crippen LogP contribution >= 0.6 is 0 Å². The van der Waals surface area contributed by atoms with E-state index in [0.717, 1.165) is 27.6 Å². The number of fused-ring (bicyclic) bond motifs is 2. The van der Waals surface area contributed by atoms with Gasteiger partial charge in [-0.15, -0.1) is 0 Å². The van der Waals surface area contributed by atoms with Crippen molar-refractivity contribution in [3.8, 4) is 0 Å². The minimum absolute atomic E-state index is 0.124. The van der Waals surface area contributed by atoms with E-state index in [1.165, 1.54) is 0 Å². The van der Waals surface area contributed by atoms with Gasteiger partial charge >= 0.3 is 5.97 Å². The summed E-state index contributed by atoms with van der Waals surface area (Å²) in [6.07, 6.45) is 0.581. The van der Waals surface area contributed by atoms with Crippen LogP contribution in [0.3, 0.4) is 0 Å². The Morgan fingerprint density at radius 2 is 1.96 bits per heavy atom. The Morgan fingerprint density at radius 3 is 2.74 bits per heavy atom. The van der Waals surface area contributed by atoms with Crippen LogP contribution in [0.2, 0.25) is 0 Å². The van der Waals surface area contributed by atoms with Gasteiger partial charge < -0.3 is 14.4 Å². The number of furan rings is 1. The Morgan fingerprint density at radius 1 is 1.19 bits per heavy atom. The van der Waals surface area contributed by atoms with Crippen molar-refractivity contribution in [2.75, 3.05) is 6.54 Å². The predicted octanol–water partition coefficient (Wildman–Crippen LogP) is 4.26. The van der Waals surface area contributed by atoms with Crippen molar-refractivity contribution in [2.45, 2.75) is 32.7 Å². The smallest absolute Gasteiger partial charge is 0.305 e. The fourth-order valence-corrected chi connectivity index (χ4v) is 3.95. The summed E-state index contributed by atoms with van der Waals surface area (Å²) in [6.45, 7) is 4.32. The number of hydrogen-bond acceptors (Lipinski definition) is 3. The molecule has 27 heavy (non-hydrogen) atoms. The summed E-state index contributed by atoms with van der Waals surface area (Å²) in [5.74, 6) is -0.876. The molecule has 0 saturated carbocycles. The quantitative estimate of drug-likeness (QED) is 0.755. The normalized spacial score (nSPS) is 16.4. The Bertz CT molecular complexity index is 1050. The van der Waals surface area contributed by atoms with Crippen LogP contribution < -0.4 is 0 Å². The number of aliphatic carboxylic acids is 1. The van der Waals surface area contributed by atoms with E-state index >= 15 is 0 Å². The maximum absolute atomic E-state index is 13.3. The standard InChI is InChI=1S/C22H21NO4/c1-13-7-8-16-14(2)21(27-19(16)11-13)22(26)23-10-9-15-5-3-4-6-17(15)18(23)12-20(24)25/h3-8,11,18H,9-10,12H2,1-2H3,(H,24,25). The van der Waals surface area contributed by atoms with Crippen LogP contribution in [0.5, 0.6) is 0 Å². The Labute approximate surface area is 157 Å². The molecular formula is C22H21NO4. The van der Waals surface area contributed by atoms with Crippen LogP contribution in [0.25, 0.3) is 11.0 Å². The number of benzene rings is 2. The largest absolute Gasteiger partial charge is 0.481 e. The van der Waals surface area contributed by atoms with Gasteiger partial charge in [0.05, 0.1) is 12.5 Å². The van der Waals surface area contributed by atoms with Gasteiger partial charge in [0, 0.05) is 17.5 Å². The van der Waals surface area contributed by atoms with Gasteiger partial charge in [0.15, 0.2) is 5.76 Å². The highest BCUT2D eigenvalue weighted by Crippen LogP contribution is 2.35. The number of hydrogen-bond donors (Lipinski definition) is 1. The molecule has 138 valence electrons. The fourth-order valence-electron chi connectivity index (χ4n) is 3.95. The predicted molar refractivity (Wildman–Crippen MR) is 102 cm³/mol. The van der Waals surface area contributed by atoms with Crippen LogP contribution in [-0.4, -0.2) is 28.4 Å². The lowest BCUT2D eigenvalue weighted by molar-refractivity contribution is -0.138. The van der Waals surface area contributed by atoms with E-state index in [0.29, 0.717) is 24.3 Å². The average molecular weight is 363 g/mol. The number of amides is 1. The van der Waals surface area contributed by atoms with Crippen molar-refractivity contribution in [1.29, 1.82) is 0 Å². The van der Waals surface area contributed by atoms with E-state index in [4.69, 9.17) is 4.42 Å². The van der Waals surface area contributed by atoms with Crippen molar-refractivity contribution in [2.24, 2.45) is 0 Å². The van der Waals surface area contributed by atoms with Gasteiger partial charge in [0.25, 0.3) is 5.91 Å². The van der Waals surface area contributed by atoms with Crippen LogP contribution in [0, 0.1) is 13.8 Å². The molecule has 1 aliphatic heterocycles. The second-order valence-electron chi connectivity index (χ2n) is 7.12. The van der Waals surface area contributed by atoms with Crippen molar-refractivity contribution in [1.82, 2.24) is 4.90 Å². The molecule has 5 heteroatoms. The molecule has 2 aromatic carbocycles. The lowest BCUT2D eigenvalue weighted by Crippen LogP contribution is -2.41. The molecule has 1 amide bonds. The number of carbonyl (C=O) groups excluding carboxylic acids is 1. The maximum Gasteiger partial charge on any atom is 0.305 e. The fraction of sp³-hybridized carbons (Fsp3) is 0.273. The molecule has 2 heterocycles. The molecule has 0 saturated heterocycles. The molecule has 0 aliphatic carbocycles. The Kier molecular flexibility index (Phi) is 4.22. The van der Waals surface area contributed by atoms with Crippen molar-refractivity contribution < 1.29 is 19.1 Å². The molecule has 0 bridgehead atoms. The second kappa shape index (κ2) is 6.58. The third-order valence-corrected chi connectivity index (χ3v) is 5.33. The zero-order chi connectivity index (χ0) is 19.1. The van der Waals surface area contributed by atoms with Crippen molar-refractivity contribution >= 4 is 22.8 Å². The molecule has 1 atom stereocenters. The first-order chi connectivity index (χ1) is 13.0. The topological polar surface area (TPSA) is 70.8 Å². The molecule has 0 spiro atoms. The highest BCUT2D eigenvalue weighted by Gasteiger charge is 2.35. The van der Waals surface area contributed by atoms with E-state index in [1.807, 2.05) is 56.3 Å². The average Bonchev–Trinajstić information content (AvgIpc) is 2.97. The van der Waals surface area contributed by atoms with Gasteiger partial charge in [0.1, 0.15) is 5.58 Å². The van der Waals surface area contributed by atoms with Crippen molar-refractivity contribution in [3.63, 3.8) is 0 Å². The molecule has 1 N–H and O–H groups in total. The maximum atomic E-state index is 13.3. The molecular weight excluding hydrogens is 342 g/mol. The Balaban J connectivity index is 1.76. The highest BCUT2D eigenvalue weighted by atomic mass is 16.4. The van der Waals surface area contributed by atoms with Gasteiger partial charge in [-0.25, -0.2) is 0 Å². The molecule has 4 rings (SSSR count). The minimum atomic E-state index is -0.925. The number of aryl methyl sites for hydroxylation is 2. The van der Waals surface area contributed by atoms with Crippen molar-refractivity contribution in [3.05, 3.63) is 70.5 Å². The van der Waals surface area contributed by atoms with Gasteiger partial charge in [-0.2, -0.15) is 0 Å². The monoisotopic (exact) mass is 363 g/mol. The lowest BCUT2D eigenvalue weighted by atomic mass is 9.90. The first-order valence-corrected chi connectivity index (χ1v) is 9.06. The number of rotatable bonds is 3. The number of nitrogens with zero attached hydrogens (tertiary/aromatic N) is 1. The molecule has 0 fully saturated rings. The molecule has 1 aromatic heterocycles. The van der Waals surface area contributed by atoms with Crippen LogP contribution in [0.4, 0.5) is 0 Å². The molecule has 1 aliphatic rings. The molecule has 5 nitrogen and oxygen atoms in total. The molecule has 1 unspecified atom stereocenters. The van der Waals surface area contributed by atoms with E-state index in [2.05, 4.69) is 0 Å². The van der Waals surface area contributed by atoms with Gasteiger partial charge in [-0.05, 0) is 43.0 Å². The van der Waals surface area contributed by atoms with Gasteiger partial charge in [0.2, 0.25) is 0 Å². The van der Waals surface area contributed by atoms with Crippen LogP contribution in [0.15, 0.2) is 46.9 Å². The lowest BCUT2D eigenvalue weighted by Gasteiger charge is -2.36. The summed E-state index contributed by atoms with van der Waals surface area (Å²) in [6, 6.07) is 13.1. The summed E-state index contributed by atoms with van der Waals surface area (Å²) in [5, 5.41) is 10.3. The number of carbonyl (C=O) groups is 2. The summed E-state index contributed by atoms with van der Waals surface area (Å²) in [5.41, 5.74) is 4.55. The first kappa shape index (κ1) is 17.3. The van der Waals surface area contributed by atoms with E-state index in [1.54, 1.807) is 4.90 Å². The van der Waals surface area contributed by atoms with E-state index in [9.17, 15) is 14.7 Å². The Hall–Kier alpha value is -3.08. The molecule has 3 aromatic rings. The second-order valence-corrected chi connectivity index (χ2v) is 7.12. The van der Waals surface area contributed by atoms with Gasteiger partial charge in [-0.3, -0.25) is 9.59 Å². The summed E-state index contributed by atoms with van der Waals surface area (Å²) in [7, 11) is 0. The SMILES string of the molecule is Cc1ccc2c(C)c(C(=O)N3CCc4ccccc4C3CC(=O)O)oc2c1. The summed E-state index contributed by atoms with van der Waals surface area (Å²) >= 11 is 0. The zero-order valence-electron chi connectivity index (χ0n) is 15.4. The summed E-state index contributed by atoms with van der Waals surface area (Å²) in [4.78, 5) is 26.4. The van der Waals surface area contributed by atoms with E-state index < -0.39 is 12.0 Å². The van der Waals surface area contributed by atoms with E-state index in [-0.39, 0.29) is 12.3 Å².